The van der Waals surface area contributed by atoms with Crippen molar-refractivity contribution in [1.29, 1.82) is 0 Å². The van der Waals surface area contributed by atoms with Gasteiger partial charge in [0.2, 0.25) is 5.91 Å². The number of rotatable bonds is 7. The summed E-state index contributed by atoms with van der Waals surface area (Å²) in [6.07, 6.45) is 0.933. The Morgan fingerprint density at radius 1 is 1.14 bits per heavy atom. The topological polar surface area (TPSA) is 83.8 Å². The Kier molecular flexibility index (Phi) is 5.97. The largest absolute Gasteiger partial charge is 0.463 e. The van der Waals surface area contributed by atoms with Crippen molar-refractivity contribution in [3.05, 3.63) is 53.5 Å². The Balaban J connectivity index is 1.28. The Hall–Kier alpha value is -2.64. The molecular formula is C22H27N3O4. The van der Waals surface area contributed by atoms with Crippen molar-refractivity contribution in [2.45, 2.75) is 26.4 Å². The zero-order valence-electron chi connectivity index (χ0n) is 16.6. The number of hydrogen-bond donors (Lipinski definition) is 2. The normalized spacial score (nSPS) is 21.6. The van der Waals surface area contributed by atoms with E-state index < -0.39 is 0 Å². The molecular weight excluding hydrogens is 370 g/mol. The number of nitrogens with zero attached hydrogens (tertiary/aromatic N) is 1. The van der Waals surface area contributed by atoms with E-state index in [0.717, 1.165) is 45.0 Å². The van der Waals surface area contributed by atoms with E-state index in [9.17, 15) is 9.59 Å². The Labute approximate surface area is 170 Å². The first-order chi connectivity index (χ1) is 14.1. The van der Waals surface area contributed by atoms with Crippen LogP contribution in [0, 0.1) is 11.8 Å². The molecule has 2 fully saturated rings. The summed E-state index contributed by atoms with van der Waals surface area (Å²) < 4.78 is 11.2. The molecule has 2 atom stereocenters. The fourth-order valence-electron chi connectivity index (χ4n) is 3.51. The quantitative estimate of drug-likeness (QED) is 0.750. The number of amides is 2. The van der Waals surface area contributed by atoms with Crippen LogP contribution in [-0.2, 0) is 22.6 Å². The van der Waals surface area contributed by atoms with Crippen LogP contribution >= 0.6 is 0 Å². The second kappa shape index (κ2) is 8.80. The smallest absolute Gasteiger partial charge is 0.251 e. The lowest BCUT2D eigenvalue weighted by Gasteiger charge is -2.25. The Morgan fingerprint density at radius 3 is 2.66 bits per heavy atom. The maximum absolute atomic E-state index is 12.5. The number of ether oxygens (including phenoxy) is 1. The minimum absolute atomic E-state index is 0.0263. The van der Waals surface area contributed by atoms with Gasteiger partial charge >= 0.3 is 0 Å². The third-order valence-corrected chi connectivity index (χ3v) is 5.46. The number of nitrogens with one attached hydrogen (secondary N) is 2. The van der Waals surface area contributed by atoms with Gasteiger partial charge in [-0.05, 0) is 42.7 Å². The molecule has 0 radical (unpaired) electrons. The third-order valence-electron chi connectivity index (χ3n) is 5.46. The summed E-state index contributed by atoms with van der Waals surface area (Å²) in [5.74, 6) is 1.97. The first-order valence-electron chi connectivity index (χ1n) is 10.2. The molecule has 154 valence electrons. The molecule has 1 aliphatic carbocycles. The van der Waals surface area contributed by atoms with E-state index in [0.29, 0.717) is 29.5 Å². The van der Waals surface area contributed by atoms with Gasteiger partial charge in [-0.2, -0.15) is 0 Å². The fourth-order valence-corrected chi connectivity index (χ4v) is 3.51. The lowest BCUT2D eigenvalue weighted by Crippen LogP contribution is -2.35. The molecule has 0 bridgehead atoms. The van der Waals surface area contributed by atoms with Crippen LogP contribution in [0.5, 0.6) is 0 Å². The van der Waals surface area contributed by atoms with Crippen LogP contribution in [-0.4, -0.2) is 43.0 Å². The molecule has 1 aromatic heterocycles. The minimum atomic E-state index is -0.202. The lowest BCUT2D eigenvalue weighted by molar-refractivity contribution is -0.117. The molecule has 0 spiro atoms. The van der Waals surface area contributed by atoms with Crippen LogP contribution in [0.1, 0.15) is 35.2 Å². The molecule has 2 heterocycles. The molecule has 2 amide bonds. The van der Waals surface area contributed by atoms with E-state index in [2.05, 4.69) is 22.5 Å². The van der Waals surface area contributed by atoms with Gasteiger partial charge in [-0.3, -0.25) is 14.5 Å². The number of benzene rings is 1. The Bertz CT molecular complexity index is 872. The highest BCUT2D eigenvalue weighted by Gasteiger charge is 2.39. The van der Waals surface area contributed by atoms with Crippen molar-refractivity contribution in [2.75, 3.05) is 31.6 Å². The number of morpholine rings is 1. The SMILES string of the molecule is C[C@H]1C[C@H]1C(=O)Nc1cccc(C(=O)NCc2ccc(CN3CCOCC3)o2)c1. The van der Waals surface area contributed by atoms with Crippen LogP contribution in [0.3, 0.4) is 0 Å². The van der Waals surface area contributed by atoms with E-state index in [4.69, 9.17) is 9.15 Å². The number of carbonyl (C=O) groups excluding carboxylic acids is 2. The lowest BCUT2D eigenvalue weighted by atomic mass is 10.2. The highest BCUT2D eigenvalue weighted by Crippen LogP contribution is 2.38. The van der Waals surface area contributed by atoms with E-state index in [1.807, 2.05) is 12.1 Å². The Morgan fingerprint density at radius 2 is 1.90 bits per heavy atom. The predicted octanol–water partition coefficient (Wildman–Crippen LogP) is 2.64. The second-order valence-corrected chi connectivity index (χ2v) is 7.83. The predicted molar refractivity (Wildman–Crippen MR) is 108 cm³/mol. The summed E-state index contributed by atoms with van der Waals surface area (Å²) in [5, 5.41) is 5.77. The second-order valence-electron chi connectivity index (χ2n) is 7.83. The van der Waals surface area contributed by atoms with Gasteiger partial charge < -0.3 is 19.8 Å². The molecule has 0 unspecified atom stereocenters. The van der Waals surface area contributed by atoms with E-state index in [1.54, 1.807) is 24.3 Å². The average molecular weight is 397 g/mol. The van der Waals surface area contributed by atoms with Crippen LogP contribution in [0.15, 0.2) is 40.8 Å². The summed E-state index contributed by atoms with van der Waals surface area (Å²) in [6.45, 7) is 6.44. The molecule has 2 N–H and O–H groups in total. The van der Waals surface area contributed by atoms with Crippen molar-refractivity contribution in [3.63, 3.8) is 0 Å². The number of carbonyl (C=O) groups is 2. The molecule has 2 aliphatic rings. The standard InChI is InChI=1S/C22H27N3O4/c1-15-11-20(15)22(27)24-17-4-2-3-16(12-17)21(26)23-13-18-5-6-19(29-18)14-25-7-9-28-10-8-25/h2-6,12,15,20H,7-11,13-14H2,1H3,(H,23,26)(H,24,27)/t15-,20+/m0/s1. The molecule has 4 rings (SSSR count). The van der Waals surface area contributed by atoms with Crippen molar-refractivity contribution >= 4 is 17.5 Å². The van der Waals surface area contributed by atoms with Gasteiger partial charge in [0.05, 0.1) is 26.3 Å². The molecule has 1 aromatic carbocycles. The van der Waals surface area contributed by atoms with Gasteiger partial charge in [0, 0.05) is 30.3 Å². The van der Waals surface area contributed by atoms with Gasteiger partial charge in [-0.15, -0.1) is 0 Å². The van der Waals surface area contributed by atoms with Crippen molar-refractivity contribution in [1.82, 2.24) is 10.2 Å². The zero-order chi connectivity index (χ0) is 20.2. The summed E-state index contributed by atoms with van der Waals surface area (Å²) >= 11 is 0. The first-order valence-corrected chi connectivity index (χ1v) is 10.2. The highest BCUT2D eigenvalue weighted by molar-refractivity contribution is 5.98. The molecule has 7 nitrogen and oxygen atoms in total. The zero-order valence-corrected chi connectivity index (χ0v) is 16.6. The monoisotopic (exact) mass is 397 g/mol. The molecule has 1 aliphatic heterocycles. The van der Waals surface area contributed by atoms with E-state index >= 15 is 0 Å². The minimum Gasteiger partial charge on any atom is -0.463 e. The van der Waals surface area contributed by atoms with Crippen molar-refractivity contribution < 1.29 is 18.7 Å². The molecule has 1 saturated carbocycles. The van der Waals surface area contributed by atoms with Crippen molar-refractivity contribution in [3.8, 4) is 0 Å². The van der Waals surface area contributed by atoms with Crippen LogP contribution in [0.25, 0.3) is 0 Å². The number of furan rings is 1. The number of anilines is 1. The van der Waals surface area contributed by atoms with Crippen LogP contribution in [0.2, 0.25) is 0 Å². The third kappa shape index (κ3) is 5.25. The number of hydrogen-bond acceptors (Lipinski definition) is 5. The maximum Gasteiger partial charge on any atom is 0.251 e. The molecule has 7 heteroatoms. The highest BCUT2D eigenvalue weighted by atomic mass is 16.5. The summed E-state index contributed by atoms with van der Waals surface area (Å²) in [5.41, 5.74) is 1.15. The maximum atomic E-state index is 12.5. The van der Waals surface area contributed by atoms with Gasteiger partial charge in [0.15, 0.2) is 0 Å². The van der Waals surface area contributed by atoms with E-state index in [-0.39, 0.29) is 17.7 Å². The summed E-state index contributed by atoms with van der Waals surface area (Å²) in [6, 6.07) is 10.8. The average Bonchev–Trinajstić information content (AvgIpc) is 3.30. The van der Waals surface area contributed by atoms with Crippen molar-refractivity contribution in [2.24, 2.45) is 11.8 Å². The molecule has 2 aromatic rings. The van der Waals surface area contributed by atoms with E-state index in [1.165, 1.54) is 0 Å². The summed E-state index contributed by atoms with van der Waals surface area (Å²) in [4.78, 5) is 26.9. The van der Waals surface area contributed by atoms with Gasteiger partial charge in [0.25, 0.3) is 5.91 Å². The van der Waals surface area contributed by atoms with Crippen LogP contribution < -0.4 is 10.6 Å². The first kappa shape index (κ1) is 19.7. The van der Waals surface area contributed by atoms with Gasteiger partial charge in [-0.1, -0.05) is 13.0 Å². The van der Waals surface area contributed by atoms with Gasteiger partial charge in [0.1, 0.15) is 11.5 Å². The van der Waals surface area contributed by atoms with Gasteiger partial charge in [-0.25, -0.2) is 0 Å². The fraction of sp³-hybridized carbons (Fsp3) is 0.455. The molecule has 29 heavy (non-hydrogen) atoms. The molecule has 1 saturated heterocycles. The van der Waals surface area contributed by atoms with Crippen LogP contribution in [0.4, 0.5) is 5.69 Å². The summed E-state index contributed by atoms with van der Waals surface area (Å²) in [7, 11) is 0.